The number of hydrogen-bond donors (Lipinski definition) is 0. The molecule has 2 aliphatic rings. The fraction of sp³-hybridized carbons (Fsp3) is 0.600. The zero-order chi connectivity index (χ0) is 15.8. The Balaban J connectivity index is 1.55. The molecular weight excluding hydrogens is 298 g/mol. The zero-order valence-electron chi connectivity index (χ0n) is 13.0. The standard InChI is InChI=1S/C15H19N5O3/c1-2-3-13-11(7-17-23-13)15(21)19-5-4-14-12(8-19)20-10(9-22-14)6-16-18-20/h6-7,12,14H,2-5,8-9H2,1H3/t12-,14-/m0/s1. The van der Waals surface area contributed by atoms with Crippen LogP contribution in [-0.2, 0) is 17.8 Å². The van der Waals surface area contributed by atoms with E-state index in [0.29, 0.717) is 31.0 Å². The van der Waals surface area contributed by atoms with E-state index in [1.807, 2.05) is 16.5 Å². The number of aryl methyl sites for hydroxylation is 1. The molecule has 2 aromatic rings. The maximum atomic E-state index is 12.8. The van der Waals surface area contributed by atoms with Crippen LogP contribution in [0.1, 0.15) is 47.6 Å². The number of aromatic nitrogens is 4. The van der Waals surface area contributed by atoms with Crippen LogP contribution in [0.3, 0.4) is 0 Å². The first-order valence-electron chi connectivity index (χ1n) is 8.01. The predicted molar refractivity (Wildman–Crippen MR) is 78.7 cm³/mol. The van der Waals surface area contributed by atoms with E-state index in [0.717, 1.165) is 25.0 Å². The minimum atomic E-state index is -0.0274. The van der Waals surface area contributed by atoms with Crippen LogP contribution >= 0.6 is 0 Å². The molecule has 1 saturated heterocycles. The van der Waals surface area contributed by atoms with Crippen molar-refractivity contribution in [2.24, 2.45) is 0 Å². The maximum absolute atomic E-state index is 12.8. The average molecular weight is 317 g/mol. The summed E-state index contributed by atoms with van der Waals surface area (Å²) in [5.74, 6) is 0.640. The number of piperidine rings is 1. The molecule has 0 spiro atoms. The molecule has 1 amide bonds. The predicted octanol–water partition coefficient (Wildman–Crippen LogP) is 1.20. The van der Waals surface area contributed by atoms with Gasteiger partial charge in [-0.15, -0.1) is 5.10 Å². The van der Waals surface area contributed by atoms with Gasteiger partial charge in [0, 0.05) is 19.5 Å². The topological polar surface area (TPSA) is 86.3 Å². The Morgan fingerprint density at radius 3 is 3.22 bits per heavy atom. The summed E-state index contributed by atoms with van der Waals surface area (Å²) >= 11 is 0. The van der Waals surface area contributed by atoms with Gasteiger partial charge in [-0.1, -0.05) is 17.3 Å². The van der Waals surface area contributed by atoms with Crippen LogP contribution in [0.4, 0.5) is 0 Å². The highest BCUT2D eigenvalue weighted by atomic mass is 16.5. The van der Waals surface area contributed by atoms with Crippen molar-refractivity contribution in [3.63, 3.8) is 0 Å². The number of amides is 1. The number of ether oxygens (including phenoxy) is 1. The fourth-order valence-corrected chi connectivity index (χ4v) is 3.38. The van der Waals surface area contributed by atoms with E-state index in [1.165, 1.54) is 6.20 Å². The van der Waals surface area contributed by atoms with E-state index in [-0.39, 0.29) is 18.1 Å². The van der Waals surface area contributed by atoms with E-state index >= 15 is 0 Å². The van der Waals surface area contributed by atoms with Gasteiger partial charge in [-0.3, -0.25) is 4.79 Å². The minimum absolute atomic E-state index is 0.0217. The third-order valence-corrected chi connectivity index (χ3v) is 4.57. The molecule has 0 radical (unpaired) electrons. The summed E-state index contributed by atoms with van der Waals surface area (Å²) in [5.41, 5.74) is 1.53. The second-order valence-electron chi connectivity index (χ2n) is 6.04. The summed E-state index contributed by atoms with van der Waals surface area (Å²) in [5, 5.41) is 11.9. The lowest BCUT2D eigenvalue weighted by atomic mass is 9.99. The van der Waals surface area contributed by atoms with Crippen LogP contribution < -0.4 is 0 Å². The van der Waals surface area contributed by atoms with Crippen molar-refractivity contribution in [3.05, 3.63) is 29.4 Å². The SMILES string of the molecule is CCCc1oncc1C(=O)N1CC[C@@H]2OCc3cnnn3[C@H]2C1. The van der Waals surface area contributed by atoms with Crippen LogP contribution in [0.25, 0.3) is 0 Å². The van der Waals surface area contributed by atoms with Crippen LogP contribution in [0.2, 0.25) is 0 Å². The maximum Gasteiger partial charge on any atom is 0.259 e. The van der Waals surface area contributed by atoms with Gasteiger partial charge in [0.15, 0.2) is 0 Å². The Labute approximate surface area is 133 Å². The number of fused-ring (bicyclic) bond motifs is 3. The first-order chi connectivity index (χ1) is 11.3. The van der Waals surface area contributed by atoms with Crippen molar-refractivity contribution >= 4 is 5.91 Å². The molecule has 23 heavy (non-hydrogen) atoms. The summed E-state index contributed by atoms with van der Waals surface area (Å²) in [4.78, 5) is 14.7. The molecule has 1 fully saturated rings. The molecule has 8 heteroatoms. The molecule has 8 nitrogen and oxygen atoms in total. The molecule has 4 rings (SSSR count). The highest BCUT2D eigenvalue weighted by Crippen LogP contribution is 2.30. The molecule has 4 heterocycles. The normalized spacial score (nSPS) is 23.4. The van der Waals surface area contributed by atoms with E-state index in [1.54, 1.807) is 6.20 Å². The van der Waals surface area contributed by atoms with Crippen molar-refractivity contribution < 1.29 is 14.1 Å². The summed E-state index contributed by atoms with van der Waals surface area (Å²) in [6.45, 7) is 3.82. The number of hydrogen-bond acceptors (Lipinski definition) is 6. The lowest BCUT2D eigenvalue weighted by Gasteiger charge is -2.40. The van der Waals surface area contributed by atoms with Crippen molar-refractivity contribution in [1.82, 2.24) is 25.1 Å². The summed E-state index contributed by atoms with van der Waals surface area (Å²) in [6, 6.07) is 0.0217. The van der Waals surface area contributed by atoms with Crippen LogP contribution in [0.5, 0.6) is 0 Å². The van der Waals surface area contributed by atoms with Crippen molar-refractivity contribution in [2.45, 2.75) is 44.9 Å². The molecule has 0 bridgehead atoms. The van der Waals surface area contributed by atoms with Gasteiger partial charge in [0.2, 0.25) is 0 Å². The van der Waals surface area contributed by atoms with E-state index in [9.17, 15) is 4.79 Å². The van der Waals surface area contributed by atoms with Gasteiger partial charge in [-0.2, -0.15) is 0 Å². The van der Waals surface area contributed by atoms with Gasteiger partial charge in [-0.05, 0) is 12.8 Å². The van der Waals surface area contributed by atoms with Gasteiger partial charge in [0.1, 0.15) is 11.3 Å². The fourth-order valence-electron chi connectivity index (χ4n) is 3.38. The highest BCUT2D eigenvalue weighted by Gasteiger charge is 2.38. The Kier molecular flexibility index (Phi) is 3.60. The largest absolute Gasteiger partial charge is 0.370 e. The monoisotopic (exact) mass is 317 g/mol. The lowest BCUT2D eigenvalue weighted by Crippen LogP contribution is -2.50. The van der Waals surface area contributed by atoms with Gasteiger partial charge < -0.3 is 14.2 Å². The van der Waals surface area contributed by atoms with Crippen molar-refractivity contribution in [3.8, 4) is 0 Å². The molecular formula is C15H19N5O3. The zero-order valence-corrected chi connectivity index (χ0v) is 13.0. The van der Waals surface area contributed by atoms with E-state index in [4.69, 9.17) is 9.26 Å². The van der Waals surface area contributed by atoms with Crippen LogP contribution in [-0.4, -0.2) is 50.2 Å². The summed E-state index contributed by atoms with van der Waals surface area (Å²) in [7, 11) is 0. The minimum Gasteiger partial charge on any atom is -0.370 e. The molecule has 0 aromatic carbocycles. The Hall–Kier alpha value is -2.22. The molecule has 0 unspecified atom stereocenters. The molecule has 0 saturated carbocycles. The van der Waals surface area contributed by atoms with Gasteiger partial charge >= 0.3 is 0 Å². The smallest absolute Gasteiger partial charge is 0.259 e. The molecule has 122 valence electrons. The number of rotatable bonds is 3. The number of carbonyl (C=O) groups excluding carboxylic acids is 1. The van der Waals surface area contributed by atoms with Crippen LogP contribution in [0, 0.1) is 0 Å². The average Bonchev–Trinajstić information content (AvgIpc) is 3.23. The third kappa shape index (κ3) is 2.42. The highest BCUT2D eigenvalue weighted by molar-refractivity contribution is 5.95. The number of likely N-dealkylation sites (tertiary alicyclic amines) is 1. The van der Waals surface area contributed by atoms with Crippen LogP contribution in [0.15, 0.2) is 16.9 Å². The van der Waals surface area contributed by atoms with E-state index < -0.39 is 0 Å². The molecule has 2 atom stereocenters. The number of nitrogens with zero attached hydrogens (tertiary/aromatic N) is 5. The molecule has 0 N–H and O–H groups in total. The Bertz CT molecular complexity index is 710. The third-order valence-electron chi connectivity index (χ3n) is 4.57. The summed E-state index contributed by atoms with van der Waals surface area (Å²) < 4.78 is 13.0. The van der Waals surface area contributed by atoms with Crippen molar-refractivity contribution in [1.29, 1.82) is 0 Å². The first kappa shape index (κ1) is 14.4. The van der Waals surface area contributed by atoms with Gasteiger partial charge in [0.05, 0.1) is 36.8 Å². The van der Waals surface area contributed by atoms with Crippen molar-refractivity contribution in [2.75, 3.05) is 13.1 Å². The van der Waals surface area contributed by atoms with Gasteiger partial charge in [0.25, 0.3) is 5.91 Å². The molecule has 2 aromatic heterocycles. The first-order valence-corrected chi connectivity index (χ1v) is 8.01. The Morgan fingerprint density at radius 2 is 2.35 bits per heavy atom. The second-order valence-corrected chi connectivity index (χ2v) is 6.04. The second kappa shape index (κ2) is 5.77. The van der Waals surface area contributed by atoms with Gasteiger partial charge in [-0.25, -0.2) is 4.68 Å². The quantitative estimate of drug-likeness (QED) is 0.845. The molecule has 0 aliphatic carbocycles. The molecule has 2 aliphatic heterocycles. The Morgan fingerprint density at radius 1 is 1.43 bits per heavy atom. The lowest BCUT2D eigenvalue weighted by molar-refractivity contribution is -0.0605. The van der Waals surface area contributed by atoms with E-state index in [2.05, 4.69) is 15.5 Å². The summed E-state index contributed by atoms with van der Waals surface area (Å²) in [6.07, 6.45) is 5.76. The number of carbonyl (C=O) groups is 1.